The van der Waals surface area contributed by atoms with Crippen LogP contribution in [0, 0.1) is 0 Å². The molecule has 0 radical (unpaired) electrons. The first-order valence-electron chi connectivity index (χ1n) is 10.4. The number of piperidine rings is 1. The molecule has 5 nitrogen and oxygen atoms in total. The van der Waals surface area contributed by atoms with Crippen molar-refractivity contribution in [3.63, 3.8) is 0 Å². The molecule has 0 aliphatic carbocycles. The molecule has 1 N–H and O–H groups in total. The zero-order chi connectivity index (χ0) is 24.9. The maximum absolute atomic E-state index is 13.3. The van der Waals surface area contributed by atoms with Gasteiger partial charge in [0.1, 0.15) is 0 Å². The lowest BCUT2D eigenvalue weighted by atomic mass is 10.0. The van der Waals surface area contributed by atoms with E-state index >= 15 is 0 Å². The van der Waals surface area contributed by atoms with Crippen molar-refractivity contribution in [2.24, 2.45) is 0 Å². The van der Waals surface area contributed by atoms with Gasteiger partial charge in [-0.25, -0.2) is 4.79 Å². The fourth-order valence-electron chi connectivity index (χ4n) is 3.69. The number of alkyl halides is 3. The number of ether oxygens (including phenoxy) is 1. The van der Waals surface area contributed by atoms with Gasteiger partial charge in [0.05, 0.1) is 34.0 Å². The largest absolute Gasteiger partial charge is 0.465 e. The zero-order valence-corrected chi connectivity index (χ0v) is 20.6. The lowest BCUT2D eigenvalue weighted by Gasteiger charge is -2.32. The van der Waals surface area contributed by atoms with E-state index in [2.05, 4.69) is 15.0 Å². The Labute approximate surface area is 209 Å². The summed E-state index contributed by atoms with van der Waals surface area (Å²) < 4.78 is 44.4. The third kappa shape index (κ3) is 7.28. The van der Waals surface area contributed by atoms with Gasteiger partial charge in [-0.1, -0.05) is 29.3 Å². The summed E-state index contributed by atoms with van der Waals surface area (Å²) in [5.74, 6) is -1.34. The molecular formula is C23H23Cl2F3N2O3S. The smallest absolute Gasteiger partial charge is 0.417 e. The summed E-state index contributed by atoms with van der Waals surface area (Å²) in [6.45, 7) is 2.32. The fraction of sp³-hybridized carbons (Fsp3) is 0.391. The number of nitrogens with zero attached hydrogens (tertiary/aromatic N) is 1. The highest BCUT2D eigenvalue weighted by Gasteiger charge is 2.36. The number of thioether (sulfide) groups is 1. The van der Waals surface area contributed by atoms with Gasteiger partial charge in [0, 0.05) is 30.6 Å². The maximum Gasteiger partial charge on any atom is 0.417 e. The minimum Gasteiger partial charge on any atom is -0.465 e. The Morgan fingerprint density at radius 3 is 2.44 bits per heavy atom. The van der Waals surface area contributed by atoms with E-state index in [9.17, 15) is 22.8 Å². The van der Waals surface area contributed by atoms with Crippen LogP contribution in [0.5, 0.6) is 0 Å². The summed E-state index contributed by atoms with van der Waals surface area (Å²) in [5.41, 5.74) is -0.583. The standard InChI is InChI=1S/C23H23Cl2F3N2O3S/c1-33-22(32)17-4-3-16(11-18(17)23(26,27)28)34-13-21(31)29-15-6-8-30(9-7-15)12-14-2-5-19(24)20(25)10-14/h2-5,10-11,15H,6-9,12-13H2,1H3,(H,29,31). The van der Waals surface area contributed by atoms with Gasteiger partial charge in [0.2, 0.25) is 5.91 Å². The number of carbonyl (C=O) groups is 2. The number of rotatable bonds is 7. The number of nitrogens with one attached hydrogen (secondary N) is 1. The molecule has 1 heterocycles. The summed E-state index contributed by atoms with van der Waals surface area (Å²) in [7, 11) is 1.02. The molecule has 1 amide bonds. The number of carbonyl (C=O) groups excluding carboxylic acids is 2. The van der Waals surface area contributed by atoms with Crippen LogP contribution >= 0.6 is 35.0 Å². The third-order valence-corrected chi connectivity index (χ3v) is 7.15. The van der Waals surface area contributed by atoms with E-state index in [0.717, 1.165) is 69.0 Å². The van der Waals surface area contributed by atoms with Gasteiger partial charge in [-0.15, -0.1) is 11.8 Å². The maximum atomic E-state index is 13.3. The summed E-state index contributed by atoms with van der Waals surface area (Å²) in [4.78, 5) is 26.5. The Morgan fingerprint density at radius 2 is 1.82 bits per heavy atom. The van der Waals surface area contributed by atoms with Gasteiger partial charge in [-0.3, -0.25) is 9.69 Å². The zero-order valence-electron chi connectivity index (χ0n) is 18.3. The van der Waals surface area contributed by atoms with E-state index in [1.807, 2.05) is 12.1 Å². The van der Waals surface area contributed by atoms with E-state index in [-0.39, 0.29) is 22.6 Å². The molecule has 1 aliphatic rings. The first kappa shape index (κ1) is 26.7. The average Bonchev–Trinajstić information content (AvgIpc) is 2.80. The second kappa shape index (κ2) is 11.7. The summed E-state index contributed by atoms with van der Waals surface area (Å²) in [6.07, 6.45) is -3.18. The van der Waals surface area contributed by atoms with E-state index in [0.29, 0.717) is 10.0 Å². The van der Waals surface area contributed by atoms with Crippen LogP contribution < -0.4 is 5.32 Å². The van der Waals surface area contributed by atoms with Crippen molar-refractivity contribution in [2.75, 3.05) is 26.0 Å². The number of methoxy groups -OCH3 is 1. The average molecular weight is 535 g/mol. The first-order valence-corrected chi connectivity index (χ1v) is 12.2. The van der Waals surface area contributed by atoms with Crippen molar-refractivity contribution in [1.82, 2.24) is 10.2 Å². The summed E-state index contributed by atoms with van der Waals surface area (Å²) in [5, 5.41) is 3.98. The number of likely N-dealkylation sites (tertiary alicyclic amines) is 1. The summed E-state index contributed by atoms with van der Waals surface area (Å²) in [6, 6.07) is 8.86. The van der Waals surface area contributed by atoms with Gasteiger partial charge < -0.3 is 10.1 Å². The number of hydrogen-bond donors (Lipinski definition) is 1. The van der Waals surface area contributed by atoms with E-state index in [1.165, 1.54) is 6.07 Å². The first-order chi connectivity index (χ1) is 16.1. The Hall–Kier alpha value is -1.94. The van der Waals surface area contributed by atoms with Crippen LogP contribution in [0.25, 0.3) is 0 Å². The SMILES string of the molecule is COC(=O)c1ccc(SCC(=O)NC2CCN(Cc3ccc(Cl)c(Cl)c3)CC2)cc1C(F)(F)F. The van der Waals surface area contributed by atoms with Crippen molar-refractivity contribution in [1.29, 1.82) is 0 Å². The number of amides is 1. The Bertz CT molecular complexity index is 1040. The highest BCUT2D eigenvalue weighted by atomic mass is 35.5. The van der Waals surface area contributed by atoms with Crippen molar-refractivity contribution < 1.29 is 27.5 Å². The van der Waals surface area contributed by atoms with Gasteiger partial charge in [-0.05, 0) is 48.7 Å². The highest BCUT2D eigenvalue weighted by Crippen LogP contribution is 2.35. The molecule has 2 aromatic rings. The normalized spacial score (nSPS) is 15.2. The third-order valence-electron chi connectivity index (χ3n) is 5.41. The van der Waals surface area contributed by atoms with Crippen LogP contribution in [0.2, 0.25) is 10.0 Å². The molecule has 34 heavy (non-hydrogen) atoms. The van der Waals surface area contributed by atoms with Crippen LogP contribution in [0.3, 0.4) is 0 Å². The van der Waals surface area contributed by atoms with Crippen LogP contribution in [0.1, 0.15) is 34.3 Å². The van der Waals surface area contributed by atoms with Crippen molar-refractivity contribution >= 4 is 46.8 Å². The molecule has 1 fully saturated rings. The lowest BCUT2D eigenvalue weighted by molar-refractivity contribution is -0.138. The molecule has 184 valence electrons. The molecule has 0 unspecified atom stereocenters. The van der Waals surface area contributed by atoms with Crippen molar-refractivity contribution in [2.45, 2.75) is 36.5 Å². The van der Waals surface area contributed by atoms with Gasteiger partial charge in [0.15, 0.2) is 0 Å². The molecule has 0 aromatic heterocycles. The monoisotopic (exact) mass is 534 g/mol. The van der Waals surface area contributed by atoms with Crippen LogP contribution in [-0.2, 0) is 22.3 Å². The quantitative estimate of drug-likeness (QED) is 0.366. The number of esters is 1. The van der Waals surface area contributed by atoms with Gasteiger partial charge in [0.25, 0.3) is 0 Å². The second-order valence-electron chi connectivity index (χ2n) is 7.85. The highest BCUT2D eigenvalue weighted by molar-refractivity contribution is 8.00. The molecule has 11 heteroatoms. The van der Waals surface area contributed by atoms with Gasteiger partial charge >= 0.3 is 12.1 Å². The second-order valence-corrected chi connectivity index (χ2v) is 9.71. The molecule has 1 saturated heterocycles. The van der Waals surface area contributed by atoms with Gasteiger partial charge in [-0.2, -0.15) is 13.2 Å². The minimum absolute atomic E-state index is 0.00518. The minimum atomic E-state index is -4.71. The Kier molecular flexibility index (Phi) is 9.14. The summed E-state index contributed by atoms with van der Waals surface area (Å²) >= 11 is 13.0. The van der Waals surface area contributed by atoms with Crippen molar-refractivity contribution in [3.05, 3.63) is 63.1 Å². The van der Waals surface area contributed by atoms with E-state index < -0.39 is 23.3 Å². The Balaban J connectivity index is 1.48. The molecule has 0 spiro atoms. The molecule has 1 aliphatic heterocycles. The number of benzene rings is 2. The van der Waals surface area contributed by atoms with Crippen molar-refractivity contribution in [3.8, 4) is 0 Å². The molecular weight excluding hydrogens is 512 g/mol. The molecule has 0 atom stereocenters. The lowest BCUT2D eigenvalue weighted by Crippen LogP contribution is -2.44. The Morgan fingerprint density at radius 1 is 1.12 bits per heavy atom. The molecule has 0 bridgehead atoms. The molecule has 0 saturated carbocycles. The van der Waals surface area contributed by atoms with E-state index in [4.69, 9.17) is 23.2 Å². The fourth-order valence-corrected chi connectivity index (χ4v) is 4.75. The van der Waals surface area contributed by atoms with Crippen LogP contribution in [0.4, 0.5) is 13.2 Å². The molecule has 3 rings (SSSR count). The topological polar surface area (TPSA) is 58.6 Å². The van der Waals surface area contributed by atoms with Crippen LogP contribution in [-0.4, -0.2) is 48.8 Å². The predicted octanol–water partition coefficient (Wildman–Crippen LogP) is 5.67. The van der Waals surface area contributed by atoms with Crippen LogP contribution in [0.15, 0.2) is 41.3 Å². The number of halogens is 5. The predicted molar refractivity (Wildman–Crippen MR) is 126 cm³/mol. The van der Waals surface area contributed by atoms with E-state index in [1.54, 1.807) is 6.07 Å². The number of hydrogen-bond acceptors (Lipinski definition) is 5. The molecule has 2 aromatic carbocycles.